The summed E-state index contributed by atoms with van der Waals surface area (Å²) in [6.45, 7) is 3.64. The van der Waals surface area contributed by atoms with Crippen molar-refractivity contribution in [2.75, 3.05) is 7.11 Å². The van der Waals surface area contributed by atoms with Crippen molar-refractivity contribution in [2.45, 2.75) is 64.1 Å². The van der Waals surface area contributed by atoms with Crippen LogP contribution in [0.3, 0.4) is 0 Å². The Morgan fingerprint density at radius 1 is 1.22 bits per heavy atom. The fourth-order valence-electron chi connectivity index (χ4n) is 3.86. The van der Waals surface area contributed by atoms with Crippen molar-refractivity contribution in [3.05, 3.63) is 0 Å². The zero-order valence-electron chi connectivity index (χ0n) is 13.9. The number of rotatable bonds is 4. The number of aliphatic carboxylic acids is 1. The van der Waals surface area contributed by atoms with E-state index in [0.29, 0.717) is 6.42 Å². The van der Waals surface area contributed by atoms with Gasteiger partial charge in [-0.25, -0.2) is 9.59 Å². The van der Waals surface area contributed by atoms with Gasteiger partial charge in [0.15, 0.2) is 0 Å². The molecule has 2 fully saturated rings. The van der Waals surface area contributed by atoms with Crippen LogP contribution in [0.1, 0.15) is 46.0 Å². The second kappa shape index (κ2) is 7.19. The Hall–Kier alpha value is -1.79. The number of alkyl carbamates (subject to hydrolysis) is 1. The first-order chi connectivity index (χ1) is 10.9. The maximum atomic E-state index is 13.0. The quantitative estimate of drug-likeness (QED) is 0.818. The molecule has 0 radical (unpaired) electrons. The van der Waals surface area contributed by atoms with Gasteiger partial charge in [-0.05, 0) is 31.1 Å². The molecule has 1 heterocycles. The molecule has 4 atom stereocenters. The third-order valence-electron chi connectivity index (χ3n) is 5.02. The molecule has 1 saturated carbocycles. The number of nitrogens with zero attached hydrogens (tertiary/aromatic N) is 1. The van der Waals surface area contributed by atoms with Gasteiger partial charge in [0, 0.05) is 6.04 Å². The molecule has 0 bridgehead atoms. The van der Waals surface area contributed by atoms with E-state index in [9.17, 15) is 19.5 Å². The topological polar surface area (TPSA) is 95.9 Å². The number of carboxylic acids is 1. The maximum absolute atomic E-state index is 13.0. The molecule has 0 aromatic rings. The van der Waals surface area contributed by atoms with E-state index in [1.54, 1.807) is 0 Å². The van der Waals surface area contributed by atoms with Crippen molar-refractivity contribution in [1.29, 1.82) is 0 Å². The van der Waals surface area contributed by atoms with Crippen molar-refractivity contribution >= 4 is 18.0 Å². The number of ether oxygens (including phenoxy) is 1. The van der Waals surface area contributed by atoms with Gasteiger partial charge in [0.05, 0.1) is 7.11 Å². The van der Waals surface area contributed by atoms with Crippen LogP contribution in [0.5, 0.6) is 0 Å². The van der Waals surface area contributed by atoms with Gasteiger partial charge in [-0.1, -0.05) is 26.7 Å². The number of carbonyl (C=O) groups is 3. The van der Waals surface area contributed by atoms with Gasteiger partial charge in [-0.3, -0.25) is 4.79 Å². The fraction of sp³-hybridized carbons (Fsp3) is 0.812. The van der Waals surface area contributed by atoms with E-state index in [2.05, 4.69) is 10.1 Å². The van der Waals surface area contributed by atoms with Crippen molar-refractivity contribution in [3.63, 3.8) is 0 Å². The molecule has 2 amide bonds. The predicted molar refractivity (Wildman–Crippen MR) is 82.8 cm³/mol. The maximum Gasteiger partial charge on any atom is 0.407 e. The molecule has 2 N–H and O–H groups in total. The van der Waals surface area contributed by atoms with Gasteiger partial charge < -0.3 is 20.1 Å². The van der Waals surface area contributed by atoms with Gasteiger partial charge >= 0.3 is 12.1 Å². The number of nitrogens with one attached hydrogen (secondary N) is 1. The molecule has 0 aromatic heterocycles. The minimum atomic E-state index is -0.965. The van der Waals surface area contributed by atoms with Crippen LogP contribution >= 0.6 is 0 Å². The number of carbonyl (C=O) groups excluding carboxylic acids is 2. The van der Waals surface area contributed by atoms with Crippen molar-refractivity contribution in [1.82, 2.24) is 10.2 Å². The highest BCUT2D eigenvalue weighted by Crippen LogP contribution is 2.40. The molecule has 1 aliphatic heterocycles. The molecule has 0 unspecified atom stereocenters. The summed E-state index contributed by atoms with van der Waals surface area (Å²) in [5.74, 6) is -1.18. The molecule has 0 spiro atoms. The fourth-order valence-corrected chi connectivity index (χ4v) is 3.86. The molecule has 23 heavy (non-hydrogen) atoms. The lowest BCUT2D eigenvalue weighted by Gasteiger charge is -2.36. The summed E-state index contributed by atoms with van der Waals surface area (Å²) in [5.41, 5.74) is 0. The second-order valence-corrected chi connectivity index (χ2v) is 6.80. The number of fused-ring (bicyclic) bond motifs is 1. The molecule has 2 aliphatic rings. The summed E-state index contributed by atoms with van der Waals surface area (Å²) >= 11 is 0. The number of methoxy groups -OCH3 is 1. The molecular weight excluding hydrogens is 300 g/mol. The lowest BCUT2D eigenvalue weighted by atomic mass is 9.84. The number of hydrogen-bond acceptors (Lipinski definition) is 4. The van der Waals surface area contributed by atoms with E-state index >= 15 is 0 Å². The molecule has 130 valence electrons. The van der Waals surface area contributed by atoms with Crippen LogP contribution in [0.4, 0.5) is 4.79 Å². The van der Waals surface area contributed by atoms with E-state index in [4.69, 9.17) is 0 Å². The molecule has 1 aliphatic carbocycles. The summed E-state index contributed by atoms with van der Waals surface area (Å²) in [6.07, 6.45) is 3.73. The van der Waals surface area contributed by atoms with Crippen LogP contribution in [0, 0.1) is 11.8 Å². The Bertz CT molecular complexity index is 479. The average molecular weight is 326 g/mol. The minimum Gasteiger partial charge on any atom is -0.480 e. The summed E-state index contributed by atoms with van der Waals surface area (Å²) in [7, 11) is 1.24. The van der Waals surface area contributed by atoms with Crippen molar-refractivity contribution in [3.8, 4) is 0 Å². The van der Waals surface area contributed by atoms with Gasteiger partial charge in [0.25, 0.3) is 0 Å². The SMILES string of the molecule is COC(=O)N[C@H](C(=O)N1[C@H](C(=O)O)C[C@@H]2CCCC[C@@H]21)C(C)C. The Kier molecular flexibility index (Phi) is 5.49. The van der Waals surface area contributed by atoms with E-state index < -0.39 is 24.1 Å². The lowest BCUT2D eigenvalue weighted by molar-refractivity contribution is -0.151. The Morgan fingerprint density at radius 3 is 2.43 bits per heavy atom. The van der Waals surface area contributed by atoms with Gasteiger partial charge in [0.1, 0.15) is 12.1 Å². The second-order valence-electron chi connectivity index (χ2n) is 6.80. The summed E-state index contributed by atoms with van der Waals surface area (Å²) < 4.78 is 4.59. The number of amides is 2. The number of carboxylic acid groups (broad SMARTS) is 1. The van der Waals surface area contributed by atoms with Crippen molar-refractivity contribution in [2.24, 2.45) is 11.8 Å². The summed E-state index contributed by atoms with van der Waals surface area (Å²) in [6, 6.07) is -1.60. The van der Waals surface area contributed by atoms with Crippen LogP contribution in [0.2, 0.25) is 0 Å². The van der Waals surface area contributed by atoms with E-state index in [1.807, 2.05) is 13.8 Å². The zero-order valence-corrected chi connectivity index (χ0v) is 13.9. The monoisotopic (exact) mass is 326 g/mol. The summed E-state index contributed by atoms with van der Waals surface area (Å²) in [5, 5.41) is 12.1. The normalized spacial score (nSPS) is 28.2. The Balaban J connectivity index is 2.24. The Labute approximate surface area is 136 Å². The zero-order chi connectivity index (χ0) is 17.1. The van der Waals surface area contributed by atoms with Gasteiger partial charge in [0.2, 0.25) is 5.91 Å². The van der Waals surface area contributed by atoms with Crippen LogP contribution in [-0.2, 0) is 14.3 Å². The van der Waals surface area contributed by atoms with Crippen LogP contribution in [0.15, 0.2) is 0 Å². The molecule has 7 nitrogen and oxygen atoms in total. The third kappa shape index (κ3) is 3.59. The highest BCUT2D eigenvalue weighted by Gasteiger charge is 2.49. The van der Waals surface area contributed by atoms with Gasteiger partial charge in [-0.2, -0.15) is 0 Å². The van der Waals surface area contributed by atoms with Crippen LogP contribution < -0.4 is 5.32 Å². The average Bonchev–Trinajstić information content (AvgIpc) is 2.91. The van der Waals surface area contributed by atoms with E-state index in [1.165, 1.54) is 12.0 Å². The number of likely N-dealkylation sites (tertiary alicyclic amines) is 1. The number of hydrogen-bond donors (Lipinski definition) is 2. The molecule has 2 rings (SSSR count). The van der Waals surface area contributed by atoms with Crippen molar-refractivity contribution < 1.29 is 24.2 Å². The van der Waals surface area contributed by atoms with E-state index in [-0.39, 0.29) is 23.8 Å². The van der Waals surface area contributed by atoms with E-state index in [0.717, 1.165) is 25.7 Å². The molecule has 0 aromatic carbocycles. The first-order valence-electron chi connectivity index (χ1n) is 8.26. The molecule has 7 heteroatoms. The molecule has 1 saturated heterocycles. The van der Waals surface area contributed by atoms with Gasteiger partial charge in [-0.15, -0.1) is 0 Å². The van der Waals surface area contributed by atoms with Crippen LogP contribution in [0.25, 0.3) is 0 Å². The Morgan fingerprint density at radius 2 is 1.87 bits per heavy atom. The highest BCUT2D eigenvalue weighted by molar-refractivity contribution is 5.90. The first kappa shape index (κ1) is 17.6. The smallest absolute Gasteiger partial charge is 0.407 e. The highest BCUT2D eigenvalue weighted by atomic mass is 16.5. The van der Waals surface area contributed by atoms with Crippen LogP contribution in [-0.4, -0.2) is 53.2 Å². The first-order valence-corrected chi connectivity index (χ1v) is 8.26. The predicted octanol–water partition coefficient (Wildman–Crippen LogP) is 1.61. The minimum absolute atomic E-state index is 0.0296. The third-order valence-corrected chi connectivity index (χ3v) is 5.02. The summed E-state index contributed by atoms with van der Waals surface area (Å²) in [4.78, 5) is 37.7. The largest absolute Gasteiger partial charge is 0.480 e. The lowest BCUT2D eigenvalue weighted by Crippen LogP contribution is -2.56. The molecular formula is C16H26N2O5. The standard InChI is InChI=1S/C16H26N2O5/c1-9(2)13(17-16(22)23-3)14(19)18-11-7-5-4-6-10(11)8-12(18)15(20)21/h9-13H,4-8H2,1-3H3,(H,17,22)(H,20,21)/t10-,11-,12-,13-/m0/s1.